The van der Waals surface area contributed by atoms with Gasteiger partial charge in [0, 0.05) is 25.4 Å². The second-order valence-electron chi connectivity index (χ2n) is 5.38. The zero-order chi connectivity index (χ0) is 15.2. The number of carbonyl (C=O) groups is 2. The second-order valence-corrected chi connectivity index (χ2v) is 5.38. The van der Waals surface area contributed by atoms with Gasteiger partial charge in [0.15, 0.2) is 0 Å². The topological polar surface area (TPSA) is 69.6 Å². The summed E-state index contributed by atoms with van der Waals surface area (Å²) < 4.78 is 0. The highest BCUT2D eigenvalue weighted by Gasteiger charge is 2.26. The number of aryl methyl sites for hydroxylation is 1. The first-order chi connectivity index (χ1) is 10.2. The van der Waals surface area contributed by atoms with Crippen LogP contribution < -0.4 is 5.32 Å². The number of aliphatic hydroxyl groups is 1. The molecule has 0 radical (unpaired) electrons. The Bertz CT molecular complexity index is 508. The lowest BCUT2D eigenvalue weighted by Crippen LogP contribution is -2.44. The Morgan fingerprint density at radius 3 is 2.57 bits per heavy atom. The van der Waals surface area contributed by atoms with Gasteiger partial charge in [0.1, 0.15) is 0 Å². The van der Waals surface area contributed by atoms with Crippen LogP contribution in [-0.2, 0) is 16.0 Å². The number of carbonyl (C=O) groups excluding carboxylic acids is 2. The number of benzene rings is 1. The molecule has 5 heteroatoms. The van der Waals surface area contributed by atoms with E-state index in [0.29, 0.717) is 18.8 Å². The number of rotatable bonds is 3. The van der Waals surface area contributed by atoms with Crippen molar-refractivity contribution in [1.29, 1.82) is 0 Å². The van der Waals surface area contributed by atoms with E-state index in [9.17, 15) is 9.59 Å². The molecule has 0 atom stereocenters. The first-order valence-corrected chi connectivity index (χ1v) is 7.44. The van der Waals surface area contributed by atoms with Crippen LogP contribution in [-0.4, -0.2) is 41.5 Å². The van der Waals surface area contributed by atoms with E-state index in [1.807, 2.05) is 31.2 Å². The molecule has 2 rings (SSSR count). The van der Waals surface area contributed by atoms with Crippen LogP contribution >= 0.6 is 0 Å². The Morgan fingerprint density at radius 2 is 1.95 bits per heavy atom. The fraction of sp³-hybridized carbons (Fsp3) is 0.500. The maximum atomic E-state index is 12.1. The summed E-state index contributed by atoms with van der Waals surface area (Å²) in [6.45, 7) is 3.23. The lowest BCUT2D eigenvalue weighted by molar-refractivity contribution is -0.144. The summed E-state index contributed by atoms with van der Waals surface area (Å²) in [5.41, 5.74) is 1.71. The first-order valence-electron chi connectivity index (χ1n) is 7.44. The molecule has 1 aromatic rings. The highest BCUT2D eigenvalue weighted by Crippen LogP contribution is 2.18. The summed E-state index contributed by atoms with van der Waals surface area (Å²) >= 11 is 0. The number of hydrogen-bond acceptors (Lipinski definition) is 3. The van der Waals surface area contributed by atoms with Gasteiger partial charge < -0.3 is 15.3 Å². The molecule has 0 aliphatic carbocycles. The number of nitrogens with zero attached hydrogens (tertiary/aromatic N) is 1. The third kappa shape index (κ3) is 3.82. The number of aliphatic hydroxyl groups excluding tert-OH is 1. The molecule has 1 fully saturated rings. The lowest BCUT2D eigenvalue weighted by Gasteiger charge is -2.30. The van der Waals surface area contributed by atoms with Crippen molar-refractivity contribution in [3.63, 3.8) is 0 Å². The van der Waals surface area contributed by atoms with E-state index in [-0.39, 0.29) is 12.5 Å². The Hall–Kier alpha value is -1.88. The summed E-state index contributed by atoms with van der Waals surface area (Å²) in [5.74, 6) is -0.825. The van der Waals surface area contributed by atoms with Crippen LogP contribution in [0.15, 0.2) is 24.3 Å². The van der Waals surface area contributed by atoms with Crippen molar-refractivity contribution in [2.75, 3.05) is 25.0 Å². The predicted molar refractivity (Wildman–Crippen MR) is 80.8 cm³/mol. The minimum absolute atomic E-state index is 0.151. The monoisotopic (exact) mass is 290 g/mol. The van der Waals surface area contributed by atoms with E-state index in [1.165, 1.54) is 0 Å². The zero-order valence-corrected chi connectivity index (χ0v) is 12.3. The van der Waals surface area contributed by atoms with Gasteiger partial charge in [0.2, 0.25) is 0 Å². The molecule has 1 saturated heterocycles. The normalized spacial score (nSPS) is 15.8. The zero-order valence-electron chi connectivity index (χ0n) is 12.3. The minimum Gasteiger partial charge on any atom is -0.396 e. The van der Waals surface area contributed by atoms with Crippen LogP contribution in [0.25, 0.3) is 0 Å². The van der Waals surface area contributed by atoms with Crippen LogP contribution in [0, 0.1) is 5.92 Å². The van der Waals surface area contributed by atoms with Crippen molar-refractivity contribution < 1.29 is 14.7 Å². The number of likely N-dealkylation sites (tertiary alicyclic amines) is 1. The molecule has 0 saturated carbocycles. The van der Waals surface area contributed by atoms with E-state index < -0.39 is 11.8 Å². The van der Waals surface area contributed by atoms with Gasteiger partial charge in [0.05, 0.1) is 0 Å². The Labute approximate surface area is 125 Å². The summed E-state index contributed by atoms with van der Waals surface area (Å²) in [6.07, 6.45) is 2.30. The number of piperidine rings is 1. The van der Waals surface area contributed by atoms with Gasteiger partial charge >= 0.3 is 11.8 Å². The molecule has 1 aromatic carbocycles. The van der Waals surface area contributed by atoms with Gasteiger partial charge in [-0.25, -0.2) is 0 Å². The third-order valence-corrected chi connectivity index (χ3v) is 4.00. The number of amides is 2. The maximum absolute atomic E-state index is 12.1. The standard InChI is InChI=1S/C16H22N2O3/c1-2-13-5-3-4-6-14(13)17-15(20)16(21)18-9-7-12(11-19)8-10-18/h3-6,12,19H,2,7-11H2,1H3,(H,17,20). The first kappa shape index (κ1) is 15.5. The van der Waals surface area contributed by atoms with Gasteiger partial charge in [-0.3, -0.25) is 9.59 Å². The van der Waals surface area contributed by atoms with E-state index in [4.69, 9.17) is 5.11 Å². The third-order valence-electron chi connectivity index (χ3n) is 4.00. The lowest BCUT2D eigenvalue weighted by atomic mass is 9.98. The number of nitrogens with one attached hydrogen (secondary N) is 1. The highest BCUT2D eigenvalue weighted by molar-refractivity contribution is 6.39. The van der Waals surface area contributed by atoms with E-state index in [1.54, 1.807) is 4.90 Å². The Morgan fingerprint density at radius 1 is 1.29 bits per heavy atom. The minimum atomic E-state index is -0.585. The van der Waals surface area contributed by atoms with Crippen LogP contribution in [0.2, 0.25) is 0 Å². The summed E-state index contributed by atoms with van der Waals surface area (Å²) in [6, 6.07) is 7.50. The number of hydrogen-bond donors (Lipinski definition) is 2. The van der Waals surface area contributed by atoms with Crippen LogP contribution in [0.3, 0.4) is 0 Å². The van der Waals surface area contributed by atoms with Crippen LogP contribution in [0.4, 0.5) is 5.69 Å². The SMILES string of the molecule is CCc1ccccc1NC(=O)C(=O)N1CCC(CO)CC1. The van der Waals surface area contributed by atoms with Crippen molar-refractivity contribution in [2.45, 2.75) is 26.2 Å². The average molecular weight is 290 g/mol. The van der Waals surface area contributed by atoms with Crippen molar-refractivity contribution in [1.82, 2.24) is 4.90 Å². The van der Waals surface area contributed by atoms with Crippen molar-refractivity contribution in [2.24, 2.45) is 5.92 Å². The van der Waals surface area contributed by atoms with Gasteiger partial charge in [-0.2, -0.15) is 0 Å². The molecule has 5 nitrogen and oxygen atoms in total. The number of anilines is 1. The molecule has 1 aliphatic heterocycles. The average Bonchev–Trinajstić information content (AvgIpc) is 2.54. The van der Waals surface area contributed by atoms with Gasteiger partial charge in [0.25, 0.3) is 0 Å². The van der Waals surface area contributed by atoms with E-state index in [2.05, 4.69) is 5.32 Å². The molecule has 114 valence electrons. The molecular weight excluding hydrogens is 268 g/mol. The Kier molecular flexibility index (Phi) is 5.33. The smallest absolute Gasteiger partial charge is 0.313 e. The fourth-order valence-electron chi connectivity index (χ4n) is 2.59. The quantitative estimate of drug-likeness (QED) is 0.827. The summed E-state index contributed by atoms with van der Waals surface area (Å²) in [5, 5.41) is 11.8. The van der Waals surface area contributed by atoms with Crippen molar-refractivity contribution >= 4 is 17.5 Å². The fourth-order valence-corrected chi connectivity index (χ4v) is 2.59. The van der Waals surface area contributed by atoms with Gasteiger partial charge in [-0.1, -0.05) is 25.1 Å². The molecule has 1 aliphatic rings. The van der Waals surface area contributed by atoms with Crippen molar-refractivity contribution in [3.8, 4) is 0 Å². The maximum Gasteiger partial charge on any atom is 0.313 e. The molecule has 0 spiro atoms. The number of para-hydroxylation sites is 1. The Balaban J connectivity index is 1.95. The molecule has 1 heterocycles. The summed E-state index contributed by atoms with van der Waals surface area (Å²) in [4.78, 5) is 25.8. The molecular formula is C16H22N2O3. The molecule has 2 N–H and O–H groups in total. The molecule has 21 heavy (non-hydrogen) atoms. The van der Waals surface area contributed by atoms with E-state index in [0.717, 1.165) is 24.8 Å². The largest absolute Gasteiger partial charge is 0.396 e. The van der Waals surface area contributed by atoms with Crippen molar-refractivity contribution in [3.05, 3.63) is 29.8 Å². The highest BCUT2D eigenvalue weighted by atomic mass is 16.3. The van der Waals surface area contributed by atoms with Crippen LogP contribution in [0.1, 0.15) is 25.3 Å². The predicted octanol–water partition coefficient (Wildman–Crippen LogP) is 1.42. The molecule has 0 unspecified atom stereocenters. The van der Waals surface area contributed by atoms with Gasteiger partial charge in [-0.05, 0) is 36.8 Å². The molecule has 0 bridgehead atoms. The van der Waals surface area contributed by atoms with Crippen LogP contribution in [0.5, 0.6) is 0 Å². The summed E-state index contributed by atoms with van der Waals surface area (Å²) in [7, 11) is 0. The molecule has 0 aromatic heterocycles. The second kappa shape index (κ2) is 7.22. The van der Waals surface area contributed by atoms with E-state index >= 15 is 0 Å². The van der Waals surface area contributed by atoms with Gasteiger partial charge in [-0.15, -0.1) is 0 Å². The molecule has 2 amide bonds.